The molecular weight excluding hydrogens is 325 g/mol. The second-order valence-corrected chi connectivity index (χ2v) is 5.93. The maximum Gasteiger partial charge on any atom is 0.412 e. The fourth-order valence-corrected chi connectivity index (χ4v) is 2.73. The summed E-state index contributed by atoms with van der Waals surface area (Å²) in [5.41, 5.74) is -0.0667. The molecule has 5 nitrogen and oxygen atoms in total. The van der Waals surface area contributed by atoms with Crippen LogP contribution in [0.25, 0.3) is 0 Å². The normalized spacial score (nSPS) is 20.6. The van der Waals surface area contributed by atoms with Gasteiger partial charge in [0.1, 0.15) is 5.75 Å². The molecule has 134 valence electrons. The Hall–Kier alpha value is -1.96. The van der Waals surface area contributed by atoms with Crippen molar-refractivity contribution in [1.82, 2.24) is 10.2 Å². The van der Waals surface area contributed by atoms with Gasteiger partial charge in [0, 0.05) is 19.0 Å². The molecule has 1 aliphatic rings. The number of hydrogen-bond acceptors (Lipinski definition) is 3. The van der Waals surface area contributed by atoms with Gasteiger partial charge in [-0.1, -0.05) is 12.1 Å². The predicted molar refractivity (Wildman–Crippen MR) is 81.7 cm³/mol. The van der Waals surface area contributed by atoms with Crippen molar-refractivity contribution in [2.24, 2.45) is 5.92 Å². The first-order chi connectivity index (χ1) is 11.2. The quantitative estimate of drug-likeness (QED) is 0.881. The van der Waals surface area contributed by atoms with Crippen LogP contribution in [0.15, 0.2) is 24.3 Å². The van der Waals surface area contributed by atoms with Crippen molar-refractivity contribution in [1.29, 1.82) is 0 Å². The lowest BCUT2D eigenvalue weighted by Crippen LogP contribution is -2.45. The zero-order chi connectivity index (χ0) is 17.9. The Kier molecular flexibility index (Phi) is 5.58. The van der Waals surface area contributed by atoms with Crippen LogP contribution in [0.5, 0.6) is 5.75 Å². The number of ether oxygens (including phenoxy) is 1. The summed E-state index contributed by atoms with van der Waals surface area (Å²) in [5, 5.41) is 11.6. The number of hydrogen-bond donors (Lipinski definition) is 2. The molecule has 2 N–H and O–H groups in total. The van der Waals surface area contributed by atoms with Crippen molar-refractivity contribution in [2.75, 3.05) is 20.2 Å². The van der Waals surface area contributed by atoms with Crippen molar-refractivity contribution in [3.05, 3.63) is 29.8 Å². The number of amides is 2. The fourth-order valence-electron chi connectivity index (χ4n) is 2.73. The van der Waals surface area contributed by atoms with Gasteiger partial charge >= 0.3 is 12.2 Å². The summed E-state index contributed by atoms with van der Waals surface area (Å²) in [6.45, 7) is 2.19. The molecule has 2 rings (SSSR count). The highest BCUT2D eigenvalue weighted by Crippen LogP contribution is 2.34. The molecule has 0 aliphatic carbocycles. The Balaban J connectivity index is 2.10. The molecule has 24 heavy (non-hydrogen) atoms. The molecule has 0 radical (unpaired) electrons. The van der Waals surface area contributed by atoms with Gasteiger partial charge in [0.25, 0.3) is 0 Å². The molecule has 1 heterocycles. The molecule has 1 saturated heterocycles. The number of aliphatic hydroxyl groups excluding tert-OH is 1. The summed E-state index contributed by atoms with van der Waals surface area (Å²) in [4.78, 5) is 13.5. The van der Waals surface area contributed by atoms with E-state index in [2.05, 4.69) is 5.32 Å². The van der Waals surface area contributed by atoms with E-state index in [4.69, 9.17) is 4.74 Å². The van der Waals surface area contributed by atoms with Gasteiger partial charge in [0.05, 0.1) is 13.2 Å². The van der Waals surface area contributed by atoms with Crippen molar-refractivity contribution in [2.45, 2.75) is 31.7 Å². The van der Waals surface area contributed by atoms with Crippen LogP contribution < -0.4 is 10.1 Å². The maximum atomic E-state index is 13.3. The molecule has 0 unspecified atom stereocenters. The van der Waals surface area contributed by atoms with Crippen LogP contribution >= 0.6 is 0 Å². The topological polar surface area (TPSA) is 61.8 Å². The molecular formula is C16H21F3N2O3. The summed E-state index contributed by atoms with van der Waals surface area (Å²) in [7, 11) is 1.42. The van der Waals surface area contributed by atoms with E-state index < -0.39 is 24.4 Å². The number of aliphatic hydroxyl groups is 1. The molecule has 8 heteroatoms. The molecule has 0 bridgehead atoms. The minimum Gasteiger partial charge on any atom is -0.497 e. The monoisotopic (exact) mass is 346 g/mol. The number of alkyl halides is 3. The average Bonchev–Trinajstić information content (AvgIpc) is 3.02. The van der Waals surface area contributed by atoms with Crippen LogP contribution in [0.1, 0.15) is 24.9 Å². The van der Waals surface area contributed by atoms with Gasteiger partial charge in [-0.15, -0.1) is 0 Å². The number of halogens is 3. The molecule has 0 spiro atoms. The standard InChI is InChI=1S/C16H21F3N2O3/c1-10(22)12-7-8-21(9-12)15(23)20-14(16(17,18)19)11-3-5-13(24-2)6-4-11/h3-6,10,12,14,22H,7-9H2,1-2H3,(H,20,23)/t10-,12+,14+/m1/s1. The Morgan fingerprint density at radius 3 is 2.46 bits per heavy atom. The van der Waals surface area contributed by atoms with Crippen LogP contribution in [0, 0.1) is 5.92 Å². The van der Waals surface area contributed by atoms with Gasteiger partial charge in [-0.05, 0) is 31.0 Å². The van der Waals surface area contributed by atoms with E-state index in [1.54, 1.807) is 6.92 Å². The summed E-state index contributed by atoms with van der Waals surface area (Å²) < 4.78 is 44.9. The first-order valence-corrected chi connectivity index (χ1v) is 7.66. The maximum absolute atomic E-state index is 13.3. The van der Waals surface area contributed by atoms with Crippen LogP contribution in [-0.4, -0.2) is 48.5 Å². The largest absolute Gasteiger partial charge is 0.497 e. The first kappa shape index (κ1) is 18.4. The molecule has 0 saturated carbocycles. The minimum absolute atomic E-state index is 0.0667. The number of rotatable bonds is 4. The number of likely N-dealkylation sites (tertiary alicyclic amines) is 1. The molecule has 1 fully saturated rings. The van der Waals surface area contributed by atoms with Crippen molar-refractivity contribution < 1.29 is 27.8 Å². The number of methoxy groups -OCH3 is 1. The number of nitrogens with zero attached hydrogens (tertiary/aromatic N) is 1. The Labute approximate surface area is 138 Å². The molecule has 1 aromatic carbocycles. The summed E-state index contributed by atoms with van der Waals surface area (Å²) in [5.74, 6) is 0.325. The van der Waals surface area contributed by atoms with Gasteiger partial charge < -0.3 is 20.1 Å². The lowest BCUT2D eigenvalue weighted by Gasteiger charge is -2.26. The van der Waals surface area contributed by atoms with E-state index >= 15 is 0 Å². The first-order valence-electron chi connectivity index (χ1n) is 7.66. The van der Waals surface area contributed by atoms with Crippen molar-refractivity contribution in [3.63, 3.8) is 0 Å². The highest BCUT2D eigenvalue weighted by molar-refractivity contribution is 5.75. The number of carbonyl (C=O) groups is 1. The second kappa shape index (κ2) is 7.29. The number of nitrogens with one attached hydrogen (secondary N) is 1. The third-order valence-electron chi connectivity index (χ3n) is 4.24. The highest BCUT2D eigenvalue weighted by atomic mass is 19.4. The summed E-state index contributed by atoms with van der Waals surface area (Å²) >= 11 is 0. The van der Waals surface area contributed by atoms with E-state index in [0.29, 0.717) is 18.7 Å². The van der Waals surface area contributed by atoms with Crippen LogP contribution in [0.2, 0.25) is 0 Å². The predicted octanol–water partition coefficient (Wildman–Crippen LogP) is 2.71. The Morgan fingerprint density at radius 1 is 1.38 bits per heavy atom. The van der Waals surface area contributed by atoms with E-state index in [-0.39, 0.29) is 18.0 Å². The third-order valence-corrected chi connectivity index (χ3v) is 4.24. The second-order valence-electron chi connectivity index (χ2n) is 5.93. The van der Waals surface area contributed by atoms with Gasteiger partial charge in [-0.2, -0.15) is 13.2 Å². The number of carbonyl (C=O) groups excluding carboxylic acids is 1. The molecule has 1 aliphatic heterocycles. The zero-order valence-corrected chi connectivity index (χ0v) is 13.5. The van der Waals surface area contributed by atoms with E-state index in [1.165, 1.54) is 36.3 Å². The third kappa shape index (κ3) is 4.31. The molecule has 1 aromatic rings. The van der Waals surface area contributed by atoms with E-state index in [9.17, 15) is 23.1 Å². The van der Waals surface area contributed by atoms with Crippen molar-refractivity contribution >= 4 is 6.03 Å². The van der Waals surface area contributed by atoms with Gasteiger partial charge in [-0.3, -0.25) is 0 Å². The molecule has 3 atom stereocenters. The minimum atomic E-state index is -4.62. The summed E-state index contributed by atoms with van der Waals surface area (Å²) in [6, 6.07) is 2.51. The van der Waals surface area contributed by atoms with Crippen LogP contribution in [0.4, 0.5) is 18.0 Å². The lowest BCUT2D eigenvalue weighted by atomic mass is 10.0. The van der Waals surface area contributed by atoms with Gasteiger partial charge in [0.15, 0.2) is 6.04 Å². The molecule has 0 aromatic heterocycles. The summed E-state index contributed by atoms with van der Waals surface area (Å²) in [6.07, 6.45) is -4.64. The average molecular weight is 346 g/mol. The van der Waals surface area contributed by atoms with Crippen LogP contribution in [-0.2, 0) is 0 Å². The number of urea groups is 1. The van der Waals surface area contributed by atoms with Gasteiger partial charge in [-0.25, -0.2) is 4.79 Å². The highest BCUT2D eigenvalue weighted by Gasteiger charge is 2.43. The lowest BCUT2D eigenvalue weighted by molar-refractivity contribution is -0.155. The number of benzene rings is 1. The van der Waals surface area contributed by atoms with E-state index in [0.717, 1.165) is 0 Å². The molecule has 2 amide bonds. The van der Waals surface area contributed by atoms with Crippen molar-refractivity contribution in [3.8, 4) is 5.75 Å². The fraction of sp³-hybridized carbons (Fsp3) is 0.562. The Morgan fingerprint density at radius 2 is 2.00 bits per heavy atom. The smallest absolute Gasteiger partial charge is 0.412 e. The SMILES string of the molecule is COc1ccc([C@H](NC(=O)N2CC[C@H]([C@@H](C)O)C2)C(F)(F)F)cc1. The van der Waals surface area contributed by atoms with Crippen LogP contribution in [0.3, 0.4) is 0 Å². The van der Waals surface area contributed by atoms with Gasteiger partial charge in [0.2, 0.25) is 0 Å². The Bertz CT molecular complexity index is 561. The van der Waals surface area contributed by atoms with E-state index in [1.807, 2.05) is 0 Å². The zero-order valence-electron chi connectivity index (χ0n) is 13.5.